The molecule has 21 heavy (non-hydrogen) atoms. The normalized spacial score (nSPS) is 15.1. The second-order valence-electron chi connectivity index (χ2n) is 4.86. The van der Waals surface area contributed by atoms with Crippen LogP contribution in [0.2, 0.25) is 10.2 Å². The molecule has 0 aliphatic heterocycles. The highest BCUT2D eigenvalue weighted by atomic mass is 35.5. The molecular formula is C13H10Cl2F3N3. The smallest absolute Gasteiger partial charge is 0.235 e. The lowest BCUT2D eigenvalue weighted by molar-refractivity contribution is -0.137. The fraction of sp³-hybridized carbons (Fsp3) is 0.385. The van der Waals surface area contributed by atoms with Crippen LogP contribution in [-0.2, 0) is 19.0 Å². The fourth-order valence-electron chi connectivity index (χ4n) is 2.40. The van der Waals surface area contributed by atoms with Gasteiger partial charge in [-0.1, -0.05) is 23.2 Å². The second-order valence-corrected chi connectivity index (χ2v) is 5.63. The van der Waals surface area contributed by atoms with Gasteiger partial charge in [0.05, 0.1) is 16.3 Å². The van der Waals surface area contributed by atoms with Crippen LogP contribution in [0.25, 0.3) is 5.82 Å². The maximum Gasteiger partial charge on any atom is 0.417 e. The van der Waals surface area contributed by atoms with Gasteiger partial charge in [0.15, 0.2) is 5.82 Å². The van der Waals surface area contributed by atoms with Crippen molar-refractivity contribution in [2.75, 3.05) is 0 Å². The summed E-state index contributed by atoms with van der Waals surface area (Å²) in [4.78, 5) is 3.78. The van der Waals surface area contributed by atoms with Crippen LogP contribution in [0.5, 0.6) is 0 Å². The summed E-state index contributed by atoms with van der Waals surface area (Å²) >= 11 is 12.2. The molecule has 0 bridgehead atoms. The van der Waals surface area contributed by atoms with E-state index in [9.17, 15) is 13.2 Å². The molecule has 8 heteroatoms. The van der Waals surface area contributed by atoms with E-state index in [1.54, 1.807) is 0 Å². The molecule has 0 aromatic carbocycles. The first-order valence-electron chi connectivity index (χ1n) is 6.37. The van der Waals surface area contributed by atoms with Gasteiger partial charge in [-0.05, 0) is 31.7 Å². The first-order valence-corrected chi connectivity index (χ1v) is 7.13. The molecule has 2 aromatic heterocycles. The monoisotopic (exact) mass is 335 g/mol. The molecule has 3 nitrogen and oxygen atoms in total. The van der Waals surface area contributed by atoms with Crippen molar-refractivity contribution in [1.82, 2.24) is 14.8 Å². The van der Waals surface area contributed by atoms with Gasteiger partial charge in [-0.2, -0.15) is 18.3 Å². The average molecular weight is 336 g/mol. The predicted octanol–water partition coefficient (Wildman–Crippen LogP) is 4.47. The zero-order valence-electron chi connectivity index (χ0n) is 10.7. The van der Waals surface area contributed by atoms with E-state index in [1.807, 2.05) is 0 Å². The van der Waals surface area contributed by atoms with Crippen LogP contribution in [0.4, 0.5) is 13.2 Å². The topological polar surface area (TPSA) is 30.7 Å². The van der Waals surface area contributed by atoms with E-state index in [4.69, 9.17) is 23.2 Å². The Hall–Kier alpha value is -1.27. The first kappa shape index (κ1) is 14.7. The molecule has 112 valence electrons. The molecule has 2 heterocycles. The molecule has 0 radical (unpaired) electrons. The Bertz CT molecular complexity index is 695. The van der Waals surface area contributed by atoms with Gasteiger partial charge in [0.1, 0.15) is 5.15 Å². The molecule has 1 aliphatic carbocycles. The Morgan fingerprint density at radius 2 is 1.86 bits per heavy atom. The van der Waals surface area contributed by atoms with Crippen LogP contribution in [-0.4, -0.2) is 14.8 Å². The largest absolute Gasteiger partial charge is 0.417 e. The van der Waals surface area contributed by atoms with E-state index in [2.05, 4.69) is 10.1 Å². The predicted molar refractivity (Wildman–Crippen MR) is 73.0 cm³/mol. The summed E-state index contributed by atoms with van der Waals surface area (Å²) in [5.74, 6) is 0.115. The quantitative estimate of drug-likeness (QED) is 0.769. The summed E-state index contributed by atoms with van der Waals surface area (Å²) in [5.41, 5.74) is 0.897. The molecule has 0 amide bonds. The van der Waals surface area contributed by atoms with E-state index in [0.29, 0.717) is 5.15 Å². The van der Waals surface area contributed by atoms with Crippen molar-refractivity contribution in [3.8, 4) is 5.82 Å². The maximum atomic E-state index is 12.6. The Labute approximate surface area is 128 Å². The van der Waals surface area contributed by atoms with Gasteiger partial charge in [0.2, 0.25) is 0 Å². The van der Waals surface area contributed by atoms with Gasteiger partial charge in [-0.15, -0.1) is 0 Å². The van der Waals surface area contributed by atoms with E-state index < -0.39 is 11.7 Å². The van der Waals surface area contributed by atoms with Crippen molar-refractivity contribution < 1.29 is 13.2 Å². The van der Waals surface area contributed by atoms with Crippen LogP contribution in [0, 0.1) is 0 Å². The van der Waals surface area contributed by atoms with Crippen molar-refractivity contribution in [2.45, 2.75) is 31.9 Å². The number of pyridine rings is 1. The molecule has 3 rings (SSSR count). The summed E-state index contributed by atoms with van der Waals surface area (Å²) < 4.78 is 39.2. The number of halogens is 5. The minimum atomic E-state index is -4.48. The zero-order chi connectivity index (χ0) is 15.2. The molecule has 0 fully saturated rings. The van der Waals surface area contributed by atoms with Gasteiger partial charge in [-0.3, -0.25) is 0 Å². The van der Waals surface area contributed by atoms with Crippen molar-refractivity contribution in [3.05, 3.63) is 39.3 Å². The molecule has 0 saturated carbocycles. The summed E-state index contributed by atoms with van der Waals surface area (Å²) in [5, 5.41) is 4.57. The summed E-state index contributed by atoms with van der Waals surface area (Å²) in [6, 6.07) is 0.834. The zero-order valence-corrected chi connectivity index (χ0v) is 12.2. The highest BCUT2D eigenvalue weighted by Gasteiger charge is 2.32. The Balaban J connectivity index is 2.07. The number of fused-ring (bicyclic) bond motifs is 1. The number of alkyl halides is 3. The van der Waals surface area contributed by atoms with Gasteiger partial charge in [-0.25, -0.2) is 9.67 Å². The molecule has 0 unspecified atom stereocenters. The summed E-state index contributed by atoms with van der Waals surface area (Å²) in [6.45, 7) is 0. The third-order valence-electron chi connectivity index (χ3n) is 3.44. The van der Waals surface area contributed by atoms with E-state index in [-0.39, 0.29) is 10.8 Å². The molecule has 0 N–H and O–H groups in total. The third-order valence-corrected chi connectivity index (χ3v) is 4.11. The number of aromatic nitrogens is 3. The van der Waals surface area contributed by atoms with E-state index in [1.165, 1.54) is 4.68 Å². The Kier molecular flexibility index (Phi) is 3.61. The highest BCUT2D eigenvalue weighted by molar-refractivity contribution is 6.33. The van der Waals surface area contributed by atoms with Crippen LogP contribution >= 0.6 is 23.2 Å². The van der Waals surface area contributed by atoms with Gasteiger partial charge >= 0.3 is 6.18 Å². The third kappa shape index (κ3) is 2.62. The van der Waals surface area contributed by atoms with Crippen LogP contribution in [0.15, 0.2) is 12.3 Å². The van der Waals surface area contributed by atoms with Crippen molar-refractivity contribution in [3.63, 3.8) is 0 Å². The van der Waals surface area contributed by atoms with Crippen molar-refractivity contribution in [1.29, 1.82) is 0 Å². The highest BCUT2D eigenvalue weighted by Crippen LogP contribution is 2.34. The number of nitrogens with zero attached hydrogens (tertiary/aromatic N) is 3. The molecule has 2 aromatic rings. The van der Waals surface area contributed by atoms with Gasteiger partial charge < -0.3 is 0 Å². The molecule has 0 saturated heterocycles. The summed E-state index contributed by atoms with van der Waals surface area (Å²) in [6.07, 6.45) is -0.0889. The Morgan fingerprint density at radius 1 is 1.14 bits per heavy atom. The number of aryl methyl sites for hydroxylation is 1. The standard InChI is InChI=1S/C13H10Cl2F3N3/c14-9-5-7(13(16,17)18)6-19-12(9)21-11(15)8-3-1-2-4-10(8)20-21/h5-6H,1-4H2. The minimum Gasteiger partial charge on any atom is -0.235 e. The lowest BCUT2D eigenvalue weighted by Crippen LogP contribution is -2.08. The SMILES string of the molecule is FC(F)(F)c1cnc(-n2nc3c(c2Cl)CCCC3)c(Cl)c1. The second kappa shape index (κ2) is 5.18. The Morgan fingerprint density at radius 3 is 2.48 bits per heavy atom. The number of hydrogen-bond donors (Lipinski definition) is 0. The lowest BCUT2D eigenvalue weighted by Gasteiger charge is -2.09. The molecule has 1 aliphatic rings. The number of rotatable bonds is 1. The molecule has 0 spiro atoms. The van der Waals surface area contributed by atoms with Crippen LogP contribution in [0.1, 0.15) is 29.7 Å². The molecular weight excluding hydrogens is 326 g/mol. The van der Waals surface area contributed by atoms with Crippen molar-refractivity contribution in [2.24, 2.45) is 0 Å². The first-order chi connectivity index (χ1) is 9.88. The summed E-state index contributed by atoms with van der Waals surface area (Å²) in [7, 11) is 0. The van der Waals surface area contributed by atoms with E-state index in [0.717, 1.165) is 49.2 Å². The van der Waals surface area contributed by atoms with E-state index >= 15 is 0 Å². The fourth-order valence-corrected chi connectivity index (χ4v) is 2.96. The average Bonchev–Trinajstić information content (AvgIpc) is 2.75. The lowest BCUT2D eigenvalue weighted by atomic mass is 9.99. The maximum absolute atomic E-state index is 12.6. The minimum absolute atomic E-state index is 0.115. The van der Waals surface area contributed by atoms with Gasteiger partial charge in [0.25, 0.3) is 0 Å². The number of hydrogen-bond acceptors (Lipinski definition) is 2. The van der Waals surface area contributed by atoms with Crippen LogP contribution in [0.3, 0.4) is 0 Å². The van der Waals surface area contributed by atoms with Gasteiger partial charge in [0, 0.05) is 11.8 Å². The van der Waals surface area contributed by atoms with Crippen molar-refractivity contribution >= 4 is 23.2 Å². The van der Waals surface area contributed by atoms with Crippen LogP contribution < -0.4 is 0 Å². The molecule has 0 atom stereocenters.